The molecule has 0 fully saturated rings. The summed E-state index contributed by atoms with van der Waals surface area (Å²) in [6.07, 6.45) is 0.771. The average molecular weight is 183 g/mol. The molecule has 1 aromatic heterocycles. The monoisotopic (exact) mass is 182 g/mol. The van der Waals surface area contributed by atoms with Crippen LogP contribution in [0.1, 0.15) is 18.1 Å². The first-order chi connectivity index (χ1) is 5.74. The van der Waals surface area contributed by atoms with Crippen LogP contribution in [0.15, 0.2) is 18.3 Å². The number of halogens is 1. The predicted octanol–water partition coefficient (Wildman–Crippen LogP) is 1.68. The minimum Gasteiger partial charge on any atom is -0.387 e. The van der Waals surface area contributed by atoms with Gasteiger partial charge in [-0.3, -0.25) is 0 Å². The maximum atomic E-state index is 9.31. The van der Waals surface area contributed by atoms with Crippen molar-refractivity contribution in [3.63, 3.8) is 0 Å². The molecule has 0 aromatic carbocycles. The number of aliphatic hydroxyl groups excluding tert-OH is 1. The molecule has 4 heteroatoms. The molecule has 3 nitrogen and oxygen atoms in total. The third-order valence-electron chi connectivity index (χ3n) is 1.42. The lowest BCUT2D eigenvalue weighted by Gasteiger charge is -2.04. The van der Waals surface area contributed by atoms with Crippen molar-refractivity contribution >= 4 is 11.6 Å². The highest BCUT2D eigenvalue weighted by Crippen LogP contribution is 2.15. The molecule has 0 bridgehead atoms. The van der Waals surface area contributed by atoms with E-state index >= 15 is 0 Å². The normalized spacial score (nSPS) is 12.1. The first-order valence-corrected chi connectivity index (χ1v) is 3.78. The zero-order valence-corrected chi connectivity index (χ0v) is 6.99. The van der Waals surface area contributed by atoms with E-state index < -0.39 is 6.10 Å². The molecular weight excluding hydrogens is 176 g/mol. The Balaban J connectivity index is 2.76. The van der Waals surface area contributed by atoms with Crippen LogP contribution >= 0.6 is 11.6 Å². The molecule has 0 saturated heterocycles. The molecule has 0 radical (unpaired) electrons. The smallest absolute Gasteiger partial charge is 0.129 e. The number of pyridine rings is 1. The van der Waals surface area contributed by atoms with E-state index in [1.165, 1.54) is 6.20 Å². The van der Waals surface area contributed by atoms with E-state index in [0.29, 0.717) is 10.7 Å². The fraction of sp³-hybridized carbons (Fsp3) is 0.250. The predicted molar refractivity (Wildman–Crippen MR) is 44.4 cm³/mol. The van der Waals surface area contributed by atoms with Gasteiger partial charge in [-0.05, 0) is 11.6 Å². The standard InChI is InChI=1S/C8H7ClN2O/c9-8-2-1-6(5-11-8)7(12)3-4-10/h1-2,5,7,12H,3H2. The van der Waals surface area contributed by atoms with E-state index in [2.05, 4.69) is 4.98 Å². The highest BCUT2D eigenvalue weighted by molar-refractivity contribution is 6.29. The van der Waals surface area contributed by atoms with Crippen molar-refractivity contribution in [2.24, 2.45) is 0 Å². The fourth-order valence-electron chi connectivity index (χ4n) is 0.789. The van der Waals surface area contributed by atoms with Crippen LogP contribution in [-0.2, 0) is 0 Å². The number of nitriles is 1. The van der Waals surface area contributed by atoms with Crippen LogP contribution in [-0.4, -0.2) is 10.1 Å². The number of nitrogens with zero attached hydrogens (tertiary/aromatic N) is 2. The van der Waals surface area contributed by atoms with E-state index in [0.717, 1.165) is 0 Å². The van der Waals surface area contributed by atoms with Gasteiger partial charge in [-0.1, -0.05) is 17.7 Å². The summed E-state index contributed by atoms with van der Waals surface area (Å²) in [4.78, 5) is 3.78. The van der Waals surface area contributed by atoms with E-state index in [9.17, 15) is 5.11 Å². The molecule has 0 aliphatic heterocycles. The summed E-state index contributed by atoms with van der Waals surface area (Å²) in [5, 5.41) is 18.0. The Hall–Kier alpha value is -1.11. The van der Waals surface area contributed by atoms with Gasteiger partial charge in [0, 0.05) is 6.20 Å². The Morgan fingerprint density at radius 2 is 2.42 bits per heavy atom. The van der Waals surface area contributed by atoms with Crippen LogP contribution in [0, 0.1) is 11.3 Å². The first kappa shape index (κ1) is 8.98. The number of hydrogen-bond donors (Lipinski definition) is 1. The van der Waals surface area contributed by atoms with Gasteiger partial charge in [0.25, 0.3) is 0 Å². The topological polar surface area (TPSA) is 56.9 Å². The minimum absolute atomic E-state index is 0.0727. The fourth-order valence-corrected chi connectivity index (χ4v) is 0.900. The van der Waals surface area contributed by atoms with E-state index in [1.807, 2.05) is 6.07 Å². The molecule has 1 unspecified atom stereocenters. The molecule has 1 atom stereocenters. The van der Waals surface area contributed by atoms with E-state index in [-0.39, 0.29) is 6.42 Å². The second-order valence-corrected chi connectivity index (χ2v) is 2.68. The molecule has 62 valence electrons. The van der Waals surface area contributed by atoms with Crippen LogP contribution in [0.2, 0.25) is 5.15 Å². The van der Waals surface area contributed by atoms with Crippen LogP contribution in [0.4, 0.5) is 0 Å². The molecule has 1 rings (SSSR count). The van der Waals surface area contributed by atoms with Crippen molar-refractivity contribution in [1.82, 2.24) is 4.98 Å². The molecule has 0 aliphatic carbocycles. The Kier molecular flexibility index (Phi) is 3.03. The Labute approximate surface area is 75.2 Å². The summed E-state index contributed by atoms with van der Waals surface area (Å²) in [5.74, 6) is 0. The Bertz CT molecular complexity index is 291. The lowest BCUT2D eigenvalue weighted by atomic mass is 10.1. The molecular formula is C8H7ClN2O. The zero-order chi connectivity index (χ0) is 8.97. The lowest BCUT2D eigenvalue weighted by Crippen LogP contribution is -1.95. The van der Waals surface area contributed by atoms with Gasteiger partial charge in [0.05, 0.1) is 18.6 Å². The van der Waals surface area contributed by atoms with Crippen LogP contribution in [0.3, 0.4) is 0 Å². The van der Waals surface area contributed by atoms with Crippen LogP contribution < -0.4 is 0 Å². The molecule has 0 amide bonds. The Morgan fingerprint density at radius 3 is 2.92 bits per heavy atom. The van der Waals surface area contributed by atoms with Gasteiger partial charge in [-0.15, -0.1) is 0 Å². The summed E-state index contributed by atoms with van der Waals surface area (Å²) in [7, 11) is 0. The van der Waals surface area contributed by atoms with Gasteiger partial charge < -0.3 is 5.11 Å². The number of aromatic nitrogens is 1. The molecule has 1 N–H and O–H groups in total. The summed E-state index contributed by atoms with van der Waals surface area (Å²) < 4.78 is 0. The Morgan fingerprint density at radius 1 is 1.67 bits per heavy atom. The maximum Gasteiger partial charge on any atom is 0.129 e. The summed E-state index contributed by atoms with van der Waals surface area (Å²) in [6.45, 7) is 0. The van der Waals surface area contributed by atoms with Crippen molar-refractivity contribution in [2.45, 2.75) is 12.5 Å². The maximum absolute atomic E-state index is 9.31. The van der Waals surface area contributed by atoms with Gasteiger partial charge in [0.15, 0.2) is 0 Å². The SMILES string of the molecule is N#CCC(O)c1ccc(Cl)nc1. The molecule has 1 heterocycles. The lowest BCUT2D eigenvalue weighted by molar-refractivity contribution is 0.183. The number of hydrogen-bond acceptors (Lipinski definition) is 3. The van der Waals surface area contributed by atoms with Crippen molar-refractivity contribution < 1.29 is 5.11 Å². The van der Waals surface area contributed by atoms with Crippen molar-refractivity contribution in [3.05, 3.63) is 29.0 Å². The van der Waals surface area contributed by atoms with Gasteiger partial charge in [-0.25, -0.2) is 4.98 Å². The van der Waals surface area contributed by atoms with Crippen LogP contribution in [0.5, 0.6) is 0 Å². The van der Waals surface area contributed by atoms with E-state index in [1.54, 1.807) is 12.1 Å². The summed E-state index contributed by atoms with van der Waals surface area (Å²) >= 11 is 5.54. The molecule has 0 saturated carbocycles. The van der Waals surface area contributed by atoms with E-state index in [4.69, 9.17) is 16.9 Å². The highest BCUT2D eigenvalue weighted by Gasteiger charge is 2.06. The van der Waals surface area contributed by atoms with Crippen molar-refractivity contribution in [1.29, 1.82) is 5.26 Å². The summed E-state index contributed by atoms with van der Waals surface area (Å²) in [5.41, 5.74) is 0.612. The second-order valence-electron chi connectivity index (χ2n) is 2.29. The molecule has 1 aromatic rings. The van der Waals surface area contributed by atoms with Crippen molar-refractivity contribution in [2.75, 3.05) is 0 Å². The third kappa shape index (κ3) is 2.19. The summed E-state index contributed by atoms with van der Waals surface area (Å²) in [6, 6.07) is 5.10. The molecule has 0 aliphatic rings. The minimum atomic E-state index is -0.764. The van der Waals surface area contributed by atoms with Crippen molar-refractivity contribution in [3.8, 4) is 6.07 Å². The van der Waals surface area contributed by atoms with Gasteiger partial charge in [0.2, 0.25) is 0 Å². The van der Waals surface area contributed by atoms with Gasteiger partial charge in [-0.2, -0.15) is 5.26 Å². The second kappa shape index (κ2) is 4.05. The number of aliphatic hydroxyl groups is 1. The molecule has 0 spiro atoms. The van der Waals surface area contributed by atoms with Crippen LogP contribution in [0.25, 0.3) is 0 Å². The highest BCUT2D eigenvalue weighted by atomic mass is 35.5. The molecule has 12 heavy (non-hydrogen) atoms. The van der Waals surface area contributed by atoms with Gasteiger partial charge >= 0.3 is 0 Å². The third-order valence-corrected chi connectivity index (χ3v) is 1.64. The average Bonchev–Trinajstić information content (AvgIpc) is 2.06. The zero-order valence-electron chi connectivity index (χ0n) is 6.24. The largest absolute Gasteiger partial charge is 0.387 e. The number of rotatable bonds is 2. The quantitative estimate of drug-likeness (QED) is 0.708. The first-order valence-electron chi connectivity index (χ1n) is 3.40. The van der Waals surface area contributed by atoms with Gasteiger partial charge in [0.1, 0.15) is 5.15 Å².